The molecule has 0 bridgehead atoms. The maximum absolute atomic E-state index is 10.3. The summed E-state index contributed by atoms with van der Waals surface area (Å²) in [5.41, 5.74) is 3.40. The molecule has 0 aliphatic carbocycles. The average molecular weight is 242 g/mol. The van der Waals surface area contributed by atoms with Crippen LogP contribution < -0.4 is 0 Å². The van der Waals surface area contributed by atoms with Crippen molar-refractivity contribution in [3.05, 3.63) is 47.5 Å². The van der Waals surface area contributed by atoms with Gasteiger partial charge in [-0.2, -0.15) is 0 Å². The second kappa shape index (κ2) is 5.13. The second-order valence-corrected chi connectivity index (χ2v) is 4.33. The summed E-state index contributed by atoms with van der Waals surface area (Å²) in [6.45, 7) is 4.05. The quantitative estimate of drug-likeness (QED) is 0.857. The van der Waals surface area contributed by atoms with E-state index in [1.807, 2.05) is 44.2 Å². The molecule has 2 heteroatoms. The molecule has 0 amide bonds. The third kappa shape index (κ3) is 2.06. The van der Waals surface area contributed by atoms with E-state index in [2.05, 4.69) is 0 Å². The lowest BCUT2D eigenvalue weighted by Crippen LogP contribution is -1.91. The fourth-order valence-electron chi connectivity index (χ4n) is 2.27. The first-order chi connectivity index (χ1) is 8.69. The lowest BCUT2D eigenvalue weighted by Gasteiger charge is -2.13. The Morgan fingerprint density at radius 2 is 1.44 bits per heavy atom. The van der Waals surface area contributed by atoms with Crippen LogP contribution in [0.15, 0.2) is 36.4 Å². The summed E-state index contributed by atoms with van der Waals surface area (Å²) >= 11 is 0. The number of para-hydroxylation sites is 1. The van der Waals surface area contributed by atoms with Gasteiger partial charge in [-0.3, -0.25) is 0 Å². The smallest absolute Gasteiger partial charge is 0.126 e. The molecule has 2 aromatic rings. The van der Waals surface area contributed by atoms with Gasteiger partial charge in [0.2, 0.25) is 0 Å². The van der Waals surface area contributed by atoms with Crippen LogP contribution in [-0.4, -0.2) is 10.2 Å². The summed E-state index contributed by atoms with van der Waals surface area (Å²) in [6, 6.07) is 11.1. The second-order valence-electron chi connectivity index (χ2n) is 4.33. The molecular formula is C16H18O2. The topological polar surface area (TPSA) is 40.5 Å². The van der Waals surface area contributed by atoms with E-state index in [9.17, 15) is 10.2 Å². The van der Waals surface area contributed by atoms with Gasteiger partial charge in [-0.25, -0.2) is 0 Å². The Morgan fingerprint density at radius 1 is 0.833 bits per heavy atom. The zero-order chi connectivity index (χ0) is 13.1. The molecule has 0 aliphatic rings. The number of aryl methyl sites for hydroxylation is 2. The largest absolute Gasteiger partial charge is 0.507 e. The number of rotatable bonds is 3. The van der Waals surface area contributed by atoms with Gasteiger partial charge in [-0.15, -0.1) is 0 Å². The fraction of sp³-hybridized carbons (Fsp3) is 0.250. The molecule has 0 heterocycles. The van der Waals surface area contributed by atoms with Crippen molar-refractivity contribution < 1.29 is 10.2 Å². The molecule has 0 unspecified atom stereocenters. The Morgan fingerprint density at radius 3 is 2.11 bits per heavy atom. The van der Waals surface area contributed by atoms with Gasteiger partial charge in [0.25, 0.3) is 0 Å². The van der Waals surface area contributed by atoms with Crippen LogP contribution in [0.25, 0.3) is 11.1 Å². The SMILES string of the molecule is CCc1cccc(-c2c(O)cccc2CC)c1O. The van der Waals surface area contributed by atoms with Gasteiger partial charge in [0, 0.05) is 11.1 Å². The number of hydrogen-bond donors (Lipinski definition) is 2. The molecule has 0 saturated carbocycles. The first-order valence-corrected chi connectivity index (χ1v) is 6.31. The van der Waals surface area contributed by atoms with Crippen LogP contribution in [0.4, 0.5) is 0 Å². The minimum atomic E-state index is 0.220. The standard InChI is InChI=1S/C16H18O2/c1-3-11-7-6-10-14(17)15(11)13-9-5-8-12(4-2)16(13)18/h5-10,17-18H,3-4H2,1-2H3. The molecule has 2 aromatic carbocycles. The van der Waals surface area contributed by atoms with Crippen LogP contribution in [0.1, 0.15) is 25.0 Å². The molecule has 2 nitrogen and oxygen atoms in total. The monoisotopic (exact) mass is 242 g/mol. The van der Waals surface area contributed by atoms with Crippen LogP contribution in [0.2, 0.25) is 0 Å². The lowest BCUT2D eigenvalue weighted by atomic mass is 9.94. The highest BCUT2D eigenvalue weighted by Gasteiger charge is 2.14. The fourth-order valence-corrected chi connectivity index (χ4v) is 2.27. The zero-order valence-electron chi connectivity index (χ0n) is 10.8. The molecule has 0 aliphatic heterocycles. The summed E-state index contributed by atoms with van der Waals surface area (Å²) in [4.78, 5) is 0. The Hall–Kier alpha value is -1.96. The first-order valence-electron chi connectivity index (χ1n) is 6.31. The summed E-state index contributed by atoms with van der Waals surface area (Å²) < 4.78 is 0. The van der Waals surface area contributed by atoms with Crippen LogP contribution in [0, 0.1) is 0 Å². The maximum Gasteiger partial charge on any atom is 0.126 e. The minimum Gasteiger partial charge on any atom is -0.507 e. The highest BCUT2D eigenvalue weighted by Crippen LogP contribution is 2.39. The molecule has 0 spiro atoms. The van der Waals surface area contributed by atoms with Crippen molar-refractivity contribution in [2.45, 2.75) is 26.7 Å². The molecule has 2 rings (SSSR count). The number of phenols is 2. The molecule has 0 aromatic heterocycles. The molecule has 0 saturated heterocycles. The Bertz CT molecular complexity index is 559. The van der Waals surface area contributed by atoms with E-state index in [1.165, 1.54) is 0 Å². The summed E-state index contributed by atoms with van der Waals surface area (Å²) in [5.74, 6) is 0.495. The Labute approximate surface area is 108 Å². The van der Waals surface area contributed by atoms with E-state index in [0.717, 1.165) is 29.5 Å². The molecule has 0 radical (unpaired) electrons. The normalized spacial score (nSPS) is 10.6. The van der Waals surface area contributed by atoms with Gasteiger partial charge < -0.3 is 10.2 Å². The number of phenolic OH excluding ortho intramolecular Hbond substituents is 2. The van der Waals surface area contributed by atoms with Gasteiger partial charge >= 0.3 is 0 Å². The Kier molecular flexibility index (Phi) is 3.56. The summed E-state index contributed by atoms with van der Waals surface area (Å²) in [6.07, 6.45) is 1.59. The molecule has 0 fully saturated rings. The Balaban J connectivity index is 2.69. The minimum absolute atomic E-state index is 0.220. The number of hydrogen-bond acceptors (Lipinski definition) is 2. The zero-order valence-corrected chi connectivity index (χ0v) is 10.8. The first kappa shape index (κ1) is 12.5. The van der Waals surface area contributed by atoms with Crippen molar-refractivity contribution in [1.29, 1.82) is 0 Å². The molecule has 0 atom stereocenters. The van der Waals surface area contributed by atoms with Crippen molar-refractivity contribution in [3.8, 4) is 22.6 Å². The van der Waals surface area contributed by atoms with Gasteiger partial charge in [-0.1, -0.05) is 44.2 Å². The van der Waals surface area contributed by atoms with E-state index in [1.54, 1.807) is 6.07 Å². The molecule has 18 heavy (non-hydrogen) atoms. The third-order valence-electron chi connectivity index (χ3n) is 3.28. The predicted octanol–water partition coefficient (Wildman–Crippen LogP) is 3.89. The van der Waals surface area contributed by atoms with Gasteiger partial charge in [0.05, 0.1) is 0 Å². The number of aromatic hydroxyl groups is 2. The van der Waals surface area contributed by atoms with Crippen LogP contribution in [0.5, 0.6) is 11.5 Å². The highest BCUT2D eigenvalue weighted by molar-refractivity contribution is 5.79. The molecule has 2 N–H and O–H groups in total. The van der Waals surface area contributed by atoms with Gasteiger partial charge in [0.15, 0.2) is 0 Å². The van der Waals surface area contributed by atoms with Crippen molar-refractivity contribution in [3.63, 3.8) is 0 Å². The van der Waals surface area contributed by atoms with Crippen molar-refractivity contribution in [1.82, 2.24) is 0 Å². The van der Waals surface area contributed by atoms with Crippen molar-refractivity contribution in [2.75, 3.05) is 0 Å². The van der Waals surface area contributed by atoms with Crippen LogP contribution in [-0.2, 0) is 12.8 Å². The highest BCUT2D eigenvalue weighted by atomic mass is 16.3. The van der Waals surface area contributed by atoms with Crippen LogP contribution >= 0.6 is 0 Å². The van der Waals surface area contributed by atoms with E-state index in [0.29, 0.717) is 5.56 Å². The number of benzene rings is 2. The van der Waals surface area contributed by atoms with E-state index < -0.39 is 0 Å². The van der Waals surface area contributed by atoms with Gasteiger partial charge in [0.1, 0.15) is 11.5 Å². The third-order valence-corrected chi connectivity index (χ3v) is 3.28. The molecular weight excluding hydrogens is 224 g/mol. The lowest BCUT2D eigenvalue weighted by molar-refractivity contribution is 0.465. The van der Waals surface area contributed by atoms with E-state index >= 15 is 0 Å². The van der Waals surface area contributed by atoms with Crippen molar-refractivity contribution >= 4 is 0 Å². The van der Waals surface area contributed by atoms with Crippen molar-refractivity contribution in [2.24, 2.45) is 0 Å². The summed E-state index contributed by atoms with van der Waals surface area (Å²) in [5, 5.41) is 20.3. The van der Waals surface area contributed by atoms with E-state index in [-0.39, 0.29) is 11.5 Å². The predicted molar refractivity (Wildman–Crippen MR) is 74.0 cm³/mol. The average Bonchev–Trinajstić information content (AvgIpc) is 2.39. The van der Waals surface area contributed by atoms with Crippen LogP contribution in [0.3, 0.4) is 0 Å². The summed E-state index contributed by atoms with van der Waals surface area (Å²) in [7, 11) is 0. The molecule has 94 valence electrons. The van der Waals surface area contributed by atoms with Gasteiger partial charge in [-0.05, 0) is 30.0 Å². The maximum atomic E-state index is 10.3. The van der Waals surface area contributed by atoms with E-state index in [4.69, 9.17) is 0 Å².